The van der Waals surface area contributed by atoms with Crippen molar-refractivity contribution in [2.45, 2.75) is 97.1 Å². The predicted octanol–water partition coefficient (Wildman–Crippen LogP) is 10.2. The Balaban J connectivity index is 1.32. The minimum Gasteiger partial charge on any atom is -0.469 e. The van der Waals surface area contributed by atoms with Gasteiger partial charge in [-0.2, -0.15) is 0 Å². The molecule has 7 rings (SSSR count). The second-order valence-corrected chi connectivity index (χ2v) is 14.3. The largest absolute Gasteiger partial charge is 0.469 e. The first kappa shape index (κ1) is 28.6. The lowest BCUT2D eigenvalue weighted by Crippen LogP contribution is -2.39. The summed E-state index contributed by atoms with van der Waals surface area (Å²) in [5.74, 6) is 3.58. The van der Waals surface area contributed by atoms with Crippen LogP contribution in [0.15, 0.2) is 77.9 Å². The lowest BCUT2D eigenvalue weighted by Gasteiger charge is -2.33. The molecule has 226 valence electrons. The van der Waals surface area contributed by atoms with Crippen LogP contribution in [0, 0.1) is 6.92 Å². The number of nitrogens with zero attached hydrogens (tertiary/aromatic N) is 3. The molecule has 0 spiro atoms. The van der Waals surface area contributed by atoms with Crippen LogP contribution in [-0.2, 0) is 10.2 Å². The van der Waals surface area contributed by atoms with Crippen molar-refractivity contribution in [1.82, 2.24) is 9.55 Å². The number of pyridine rings is 1. The summed E-state index contributed by atoms with van der Waals surface area (Å²) >= 11 is 0. The third kappa shape index (κ3) is 5.06. The zero-order valence-electron chi connectivity index (χ0n) is 27.1. The van der Waals surface area contributed by atoms with Gasteiger partial charge in [-0.25, -0.2) is 9.98 Å². The van der Waals surface area contributed by atoms with Crippen molar-refractivity contribution in [3.05, 3.63) is 95.2 Å². The molecular weight excluding hydrogens is 542 g/mol. The van der Waals surface area contributed by atoms with Crippen molar-refractivity contribution >= 4 is 27.7 Å². The van der Waals surface area contributed by atoms with Crippen molar-refractivity contribution in [3.63, 3.8) is 0 Å². The SMILES string of the molecule is Cc1ccc2c(c1)c1ccc(Oc3cc(C4=N[C@@H]5CCCC[C@]5(C)O4)cc(C(C)C)c3)cc1n2-c1cc(C(C)(C)C)ccn1. The van der Waals surface area contributed by atoms with Gasteiger partial charge in [-0.3, -0.25) is 4.57 Å². The first-order chi connectivity index (χ1) is 21.0. The highest BCUT2D eigenvalue weighted by molar-refractivity contribution is 6.09. The Labute approximate surface area is 260 Å². The summed E-state index contributed by atoms with van der Waals surface area (Å²) in [6.07, 6.45) is 6.49. The van der Waals surface area contributed by atoms with Crippen LogP contribution in [0.1, 0.15) is 95.4 Å². The lowest BCUT2D eigenvalue weighted by atomic mass is 9.82. The van der Waals surface area contributed by atoms with Crippen molar-refractivity contribution in [3.8, 4) is 17.3 Å². The molecule has 44 heavy (non-hydrogen) atoms. The molecule has 1 aliphatic heterocycles. The highest BCUT2D eigenvalue weighted by atomic mass is 16.5. The molecule has 1 saturated carbocycles. The van der Waals surface area contributed by atoms with Gasteiger partial charge < -0.3 is 9.47 Å². The van der Waals surface area contributed by atoms with Crippen LogP contribution < -0.4 is 4.74 Å². The molecule has 2 aliphatic rings. The zero-order valence-corrected chi connectivity index (χ0v) is 27.1. The van der Waals surface area contributed by atoms with Gasteiger partial charge in [0.25, 0.3) is 0 Å². The molecule has 2 aromatic heterocycles. The van der Waals surface area contributed by atoms with Gasteiger partial charge in [-0.15, -0.1) is 0 Å². The molecule has 0 unspecified atom stereocenters. The molecule has 3 heterocycles. The Kier molecular flexibility index (Phi) is 6.84. The van der Waals surface area contributed by atoms with E-state index in [1.54, 1.807) is 0 Å². The standard InChI is InChI=1S/C39H43N3O2/c1-24(2)26-19-27(37-41-35-10-8-9-16-39(35,7)44-37)21-30(20-26)43-29-12-13-31-32-18-25(3)11-14-33(32)42(34(31)23-29)36-22-28(15-17-40-36)38(4,5)6/h11-15,17-24,35H,8-10,16H2,1-7H3/t35-,39+/m1/s1. The summed E-state index contributed by atoms with van der Waals surface area (Å²) in [5, 5.41) is 2.39. The highest BCUT2D eigenvalue weighted by Crippen LogP contribution is 2.41. The van der Waals surface area contributed by atoms with Crippen LogP contribution in [-0.4, -0.2) is 27.1 Å². The summed E-state index contributed by atoms with van der Waals surface area (Å²) in [6.45, 7) is 15.5. The Hall–Kier alpha value is -4.12. The van der Waals surface area contributed by atoms with Crippen LogP contribution >= 0.6 is 0 Å². The van der Waals surface area contributed by atoms with Gasteiger partial charge >= 0.3 is 0 Å². The van der Waals surface area contributed by atoms with Crippen molar-refractivity contribution in [2.24, 2.45) is 4.99 Å². The van der Waals surface area contributed by atoms with E-state index in [9.17, 15) is 0 Å². The number of hydrogen-bond donors (Lipinski definition) is 0. The van der Waals surface area contributed by atoms with Gasteiger partial charge in [-0.05, 0) is 110 Å². The zero-order chi connectivity index (χ0) is 30.8. The van der Waals surface area contributed by atoms with Crippen LogP contribution in [0.4, 0.5) is 0 Å². The predicted molar refractivity (Wildman–Crippen MR) is 181 cm³/mol. The van der Waals surface area contributed by atoms with Gasteiger partial charge in [-0.1, -0.05) is 52.7 Å². The Bertz CT molecular complexity index is 1930. The van der Waals surface area contributed by atoms with E-state index >= 15 is 0 Å². The molecule has 0 bridgehead atoms. The molecule has 3 aromatic carbocycles. The second kappa shape index (κ2) is 10.5. The average Bonchev–Trinajstić information content (AvgIpc) is 3.51. The van der Waals surface area contributed by atoms with Crippen LogP contribution in [0.3, 0.4) is 0 Å². The smallest absolute Gasteiger partial charge is 0.217 e. The third-order valence-corrected chi connectivity index (χ3v) is 9.52. The summed E-state index contributed by atoms with van der Waals surface area (Å²) in [6, 6.07) is 24.1. The van der Waals surface area contributed by atoms with E-state index < -0.39 is 0 Å². The summed E-state index contributed by atoms with van der Waals surface area (Å²) in [4.78, 5) is 9.92. The monoisotopic (exact) mass is 585 g/mol. The van der Waals surface area contributed by atoms with Crippen molar-refractivity contribution in [2.75, 3.05) is 0 Å². The fraction of sp³-hybridized carbons (Fsp3) is 0.385. The summed E-state index contributed by atoms with van der Waals surface area (Å²) in [5.41, 5.74) is 6.71. The van der Waals surface area contributed by atoms with E-state index in [1.165, 1.54) is 40.3 Å². The van der Waals surface area contributed by atoms with Gasteiger partial charge in [0, 0.05) is 28.6 Å². The molecule has 1 fully saturated rings. The number of aliphatic imine (C=N–C) groups is 1. The summed E-state index contributed by atoms with van der Waals surface area (Å²) < 4.78 is 15.5. The van der Waals surface area contributed by atoms with E-state index in [2.05, 4.69) is 120 Å². The van der Waals surface area contributed by atoms with Gasteiger partial charge in [0.05, 0.1) is 17.1 Å². The second-order valence-electron chi connectivity index (χ2n) is 14.3. The van der Waals surface area contributed by atoms with Gasteiger partial charge in [0.2, 0.25) is 5.90 Å². The van der Waals surface area contributed by atoms with Crippen LogP contribution in [0.25, 0.3) is 27.6 Å². The van der Waals surface area contributed by atoms with E-state index in [-0.39, 0.29) is 17.1 Å². The fourth-order valence-corrected chi connectivity index (χ4v) is 6.83. The average molecular weight is 586 g/mol. The number of ether oxygens (including phenoxy) is 2. The number of hydrogen-bond acceptors (Lipinski definition) is 4. The van der Waals surface area contributed by atoms with E-state index in [1.807, 2.05) is 6.20 Å². The molecule has 0 radical (unpaired) electrons. The van der Waals surface area contributed by atoms with Gasteiger partial charge in [0.1, 0.15) is 22.9 Å². The maximum absolute atomic E-state index is 6.67. The molecule has 0 N–H and O–H groups in total. The summed E-state index contributed by atoms with van der Waals surface area (Å²) in [7, 11) is 0. The van der Waals surface area contributed by atoms with E-state index in [0.717, 1.165) is 52.7 Å². The highest BCUT2D eigenvalue weighted by Gasteiger charge is 2.44. The fourth-order valence-electron chi connectivity index (χ4n) is 6.83. The molecule has 5 aromatic rings. The van der Waals surface area contributed by atoms with Gasteiger partial charge in [0.15, 0.2) is 0 Å². The number of rotatable bonds is 5. The van der Waals surface area contributed by atoms with Crippen molar-refractivity contribution in [1.29, 1.82) is 0 Å². The number of aromatic nitrogens is 2. The molecule has 5 heteroatoms. The molecule has 1 aliphatic carbocycles. The Morgan fingerprint density at radius 2 is 1.75 bits per heavy atom. The maximum Gasteiger partial charge on any atom is 0.217 e. The van der Waals surface area contributed by atoms with Crippen LogP contribution in [0.2, 0.25) is 0 Å². The van der Waals surface area contributed by atoms with E-state index in [0.29, 0.717) is 5.92 Å². The topological polar surface area (TPSA) is 48.6 Å². The molecule has 5 nitrogen and oxygen atoms in total. The molecule has 0 saturated heterocycles. The Morgan fingerprint density at radius 1 is 0.909 bits per heavy atom. The quantitative estimate of drug-likeness (QED) is 0.206. The number of benzene rings is 3. The third-order valence-electron chi connectivity index (χ3n) is 9.52. The number of fused-ring (bicyclic) bond motifs is 4. The van der Waals surface area contributed by atoms with Crippen LogP contribution in [0.5, 0.6) is 11.5 Å². The maximum atomic E-state index is 6.67. The lowest BCUT2D eigenvalue weighted by molar-refractivity contribution is 0.0446. The molecule has 2 atom stereocenters. The number of aryl methyl sites for hydroxylation is 1. The van der Waals surface area contributed by atoms with E-state index in [4.69, 9.17) is 19.5 Å². The normalized spacial score (nSPS) is 20.2. The molecular formula is C39H43N3O2. The minimum atomic E-state index is -0.197. The first-order valence-electron chi connectivity index (χ1n) is 16.1. The first-order valence-corrected chi connectivity index (χ1v) is 16.1. The van der Waals surface area contributed by atoms with Crippen molar-refractivity contribution < 1.29 is 9.47 Å². The minimum absolute atomic E-state index is 0.0168. The molecule has 0 amide bonds. The Morgan fingerprint density at radius 3 is 2.52 bits per heavy atom.